The van der Waals surface area contributed by atoms with Crippen LogP contribution >= 0.6 is 11.3 Å². The van der Waals surface area contributed by atoms with Crippen LogP contribution in [0.5, 0.6) is 0 Å². The van der Waals surface area contributed by atoms with Crippen LogP contribution in [0.3, 0.4) is 0 Å². The number of carbonyl (C=O) groups is 1. The van der Waals surface area contributed by atoms with Gasteiger partial charge in [0.1, 0.15) is 4.88 Å². The predicted molar refractivity (Wildman–Crippen MR) is 62.1 cm³/mol. The monoisotopic (exact) mass is 227 g/mol. The van der Waals surface area contributed by atoms with Gasteiger partial charge in [-0.3, -0.25) is 4.79 Å². The zero-order valence-corrected chi connectivity index (χ0v) is 9.77. The number of nitrogens with one attached hydrogen (secondary N) is 1. The fourth-order valence-electron chi connectivity index (χ4n) is 1.14. The van der Waals surface area contributed by atoms with Crippen molar-refractivity contribution in [1.29, 1.82) is 0 Å². The second-order valence-electron chi connectivity index (χ2n) is 3.27. The largest absolute Gasteiger partial charge is 0.351 e. The average molecular weight is 227 g/mol. The Hall–Kier alpha value is -0.940. The van der Waals surface area contributed by atoms with Gasteiger partial charge < -0.3 is 11.1 Å². The van der Waals surface area contributed by atoms with Crippen LogP contribution in [0.25, 0.3) is 0 Å². The van der Waals surface area contributed by atoms with Gasteiger partial charge in [-0.25, -0.2) is 4.98 Å². The smallest absolute Gasteiger partial charge is 0.263 e. The molecule has 0 radical (unpaired) electrons. The molecule has 1 amide bonds. The van der Waals surface area contributed by atoms with Crippen LogP contribution in [0.1, 0.15) is 34.4 Å². The molecule has 1 aromatic rings. The molecule has 84 valence electrons. The standard InChI is InChI=1S/C10H17N3OS/c1-2-4-9-13-7-8(15-9)10(14)12-6-3-5-11/h7H,2-6,11H2,1H3,(H,12,14). The maximum atomic E-state index is 11.6. The molecule has 0 aliphatic carbocycles. The maximum Gasteiger partial charge on any atom is 0.263 e. The van der Waals surface area contributed by atoms with Crippen molar-refractivity contribution >= 4 is 17.2 Å². The molecule has 0 saturated heterocycles. The molecule has 0 aliphatic heterocycles. The molecule has 0 bridgehead atoms. The lowest BCUT2D eigenvalue weighted by molar-refractivity contribution is 0.0957. The lowest BCUT2D eigenvalue weighted by Gasteiger charge is -2.00. The summed E-state index contributed by atoms with van der Waals surface area (Å²) in [7, 11) is 0. The van der Waals surface area contributed by atoms with Gasteiger partial charge in [0.2, 0.25) is 0 Å². The van der Waals surface area contributed by atoms with Crippen molar-refractivity contribution in [3.05, 3.63) is 16.1 Å². The molecule has 1 rings (SSSR count). The second-order valence-corrected chi connectivity index (χ2v) is 4.38. The third-order valence-corrected chi connectivity index (χ3v) is 2.96. The highest BCUT2D eigenvalue weighted by atomic mass is 32.1. The van der Waals surface area contributed by atoms with Crippen molar-refractivity contribution in [1.82, 2.24) is 10.3 Å². The first-order chi connectivity index (χ1) is 7.27. The third-order valence-electron chi connectivity index (χ3n) is 1.91. The summed E-state index contributed by atoms with van der Waals surface area (Å²) in [6.07, 6.45) is 4.46. The van der Waals surface area contributed by atoms with Gasteiger partial charge in [-0.2, -0.15) is 0 Å². The summed E-state index contributed by atoms with van der Waals surface area (Å²) in [5.74, 6) is -0.0386. The summed E-state index contributed by atoms with van der Waals surface area (Å²) in [5.41, 5.74) is 5.34. The molecule has 0 spiro atoms. The van der Waals surface area contributed by atoms with Crippen molar-refractivity contribution in [2.45, 2.75) is 26.2 Å². The summed E-state index contributed by atoms with van der Waals surface area (Å²) in [6, 6.07) is 0. The predicted octanol–water partition coefficient (Wildman–Crippen LogP) is 1.17. The maximum absolute atomic E-state index is 11.6. The molecular formula is C10H17N3OS. The molecule has 0 aromatic carbocycles. The zero-order valence-electron chi connectivity index (χ0n) is 8.95. The van der Waals surface area contributed by atoms with Gasteiger partial charge in [0.05, 0.1) is 11.2 Å². The Labute approximate surface area is 93.9 Å². The van der Waals surface area contributed by atoms with E-state index < -0.39 is 0 Å². The number of nitrogens with two attached hydrogens (primary N) is 1. The number of amides is 1. The van der Waals surface area contributed by atoms with Gasteiger partial charge in [0, 0.05) is 6.54 Å². The minimum Gasteiger partial charge on any atom is -0.351 e. The van der Waals surface area contributed by atoms with Crippen molar-refractivity contribution in [2.75, 3.05) is 13.1 Å². The van der Waals surface area contributed by atoms with Crippen LogP contribution in [0.2, 0.25) is 0 Å². The number of aryl methyl sites for hydroxylation is 1. The first kappa shape index (κ1) is 12.1. The molecule has 15 heavy (non-hydrogen) atoms. The SMILES string of the molecule is CCCc1ncc(C(=O)NCCCN)s1. The summed E-state index contributed by atoms with van der Waals surface area (Å²) in [6.45, 7) is 3.34. The molecular weight excluding hydrogens is 210 g/mol. The Morgan fingerprint density at radius 1 is 1.67 bits per heavy atom. The quantitative estimate of drug-likeness (QED) is 0.717. The number of hydrogen-bond donors (Lipinski definition) is 2. The topological polar surface area (TPSA) is 68.0 Å². The molecule has 0 unspecified atom stereocenters. The number of nitrogens with zero attached hydrogens (tertiary/aromatic N) is 1. The highest BCUT2D eigenvalue weighted by Crippen LogP contribution is 2.14. The molecule has 0 fully saturated rings. The fourth-order valence-corrected chi connectivity index (χ4v) is 2.07. The normalized spacial score (nSPS) is 10.3. The highest BCUT2D eigenvalue weighted by Gasteiger charge is 2.08. The van der Waals surface area contributed by atoms with Crippen molar-refractivity contribution < 1.29 is 4.79 Å². The molecule has 0 atom stereocenters. The van der Waals surface area contributed by atoms with E-state index in [0.29, 0.717) is 18.0 Å². The fraction of sp³-hybridized carbons (Fsp3) is 0.600. The van der Waals surface area contributed by atoms with Gasteiger partial charge >= 0.3 is 0 Å². The van der Waals surface area contributed by atoms with Gasteiger partial charge in [-0.15, -0.1) is 11.3 Å². The van der Waals surface area contributed by atoms with E-state index in [9.17, 15) is 4.79 Å². The summed E-state index contributed by atoms with van der Waals surface area (Å²) < 4.78 is 0. The van der Waals surface area contributed by atoms with E-state index in [2.05, 4.69) is 17.2 Å². The summed E-state index contributed by atoms with van der Waals surface area (Å²) in [5, 5.41) is 3.84. The Morgan fingerprint density at radius 2 is 2.47 bits per heavy atom. The second kappa shape index (κ2) is 6.53. The van der Waals surface area contributed by atoms with E-state index in [1.54, 1.807) is 6.20 Å². The Morgan fingerprint density at radius 3 is 3.13 bits per heavy atom. The van der Waals surface area contributed by atoms with Gasteiger partial charge in [-0.05, 0) is 25.8 Å². The van der Waals surface area contributed by atoms with E-state index in [0.717, 1.165) is 24.3 Å². The van der Waals surface area contributed by atoms with Gasteiger partial charge in [-0.1, -0.05) is 6.92 Å². The lowest BCUT2D eigenvalue weighted by atomic mass is 10.4. The van der Waals surface area contributed by atoms with Crippen LogP contribution in [0.15, 0.2) is 6.20 Å². The van der Waals surface area contributed by atoms with E-state index in [4.69, 9.17) is 5.73 Å². The van der Waals surface area contributed by atoms with Crippen molar-refractivity contribution in [2.24, 2.45) is 5.73 Å². The number of thiazole rings is 1. The highest BCUT2D eigenvalue weighted by molar-refractivity contribution is 7.13. The average Bonchev–Trinajstić information content (AvgIpc) is 2.67. The minimum absolute atomic E-state index is 0.0386. The van der Waals surface area contributed by atoms with Gasteiger partial charge in [0.25, 0.3) is 5.91 Å². The Balaban J connectivity index is 2.43. The summed E-state index contributed by atoms with van der Waals surface area (Å²) in [4.78, 5) is 16.4. The minimum atomic E-state index is -0.0386. The van der Waals surface area contributed by atoms with E-state index in [1.807, 2.05) is 0 Å². The molecule has 5 heteroatoms. The van der Waals surface area contributed by atoms with Crippen LogP contribution in [-0.4, -0.2) is 24.0 Å². The molecule has 3 N–H and O–H groups in total. The van der Waals surface area contributed by atoms with E-state index in [-0.39, 0.29) is 5.91 Å². The molecule has 0 aliphatic rings. The van der Waals surface area contributed by atoms with E-state index >= 15 is 0 Å². The number of rotatable bonds is 6. The number of hydrogen-bond acceptors (Lipinski definition) is 4. The third kappa shape index (κ3) is 3.97. The van der Waals surface area contributed by atoms with Gasteiger partial charge in [0.15, 0.2) is 0 Å². The van der Waals surface area contributed by atoms with Crippen LogP contribution in [0.4, 0.5) is 0 Å². The zero-order chi connectivity index (χ0) is 11.1. The molecule has 4 nitrogen and oxygen atoms in total. The number of aromatic nitrogens is 1. The first-order valence-corrected chi connectivity index (χ1v) is 6.02. The summed E-state index contributed by atoms with van der Waals surface area (Å²) >= 11 is 1.47. The lowest BCUT2D eigenvalue weighted by Crippen LogP contribution is -2.25. The molecule has 0 saturated carbocycles. The molecule has 1 heterocycles. The number of carbonyl (C=O) groups excluding carboxylic acids is 1. The Kier molecular flexibility index (Phi) is 5.28. The first-order valence-electron chi connectivity index (χ1n) is 5.21. The van der Waals surface area contributed by atoms with Crippen molar-refractivity contribution in [3.8, 4) is 0 Å². The molecule has 1 aromatic heterocycles. The van der Waals surface area contributed by atoms with Crippen molar-refractivity contribution in [3.63, 3.8) is 0 Å². The van der Waals surface area contributed by atoms with E-state index in [1.165, 1.54) is 11.3 Å². The van der Waals surface area contributed by atoms with Crippen LogP contribution in [-0.2, 0) is 6.42 Å². The Bertz CT molecular complexity index is 311. The van der Waals surface area contributed by atoms with Crippen LogP contribution in [0, 0.1) is 0 Å². The van der Waals surface area contributed by atoms with Crippen LogP contribution < -0.4 is 11.1 Å².